The van der Waals surface area contributed by atoms with Gasteiger partial charge in [-0.15, -0.1) is 0 Å². The fourth-order valence-electron chi connectivity index (χ4n) is 2.90. The summed E-state index contributed by atoms with van der Waals surface area (Å²) in [5, 5.41) is 11.8. The second-order valence-electron chi connectivity index (χ2n) is 5.65. The fourth-order valence-corrected chi connectivity index (χ4v) is 2.90. The Morgan fingerprint density at radius 3 is 2.71 bits per heavy atom. The van der Waals surface area contributed by atoms with Crippen LogP contribution in [0.4, 0.5) is 4.79 Å². The van der Waals surface area contributed by atoms with Gasteiger partial charge in [0, 0.05) is 13.1 Å². The predicted octanol–water partition coefficient (Wildman–Crippen LogP) is 0.357. The van der Waals surface area contributed by atoms with E-state index in [0.717, 1.165) is 26.1 Å². The monoisotopic (exact) mass is 299 g/mol. The minimum absolute atomic E-state index is 0.0683. The average molecular weight is 299 g/mol. The Bertz CT molecular complexity index is 358. The Kier molecular flexibility index (Phi) is 6.25. The molecule has 0 aromatic heterocycles. The van der Waals surface area contributed by atoms with Crippen LogP contribution in [0.1, 0.15) is 25.7 Å². The molecule has 1 unspecified atom stereocenters. The lowest BCUT2D eigenvalue weighted by Crippen LogP contribution is -2.53. The number of carbonyl (C=O) groups excluding carboxylic acids is 1. The summed E-state index contributed by atoms with van der Waals surface area (Å²) in [6, 6.07) is -0.541. The van der Waals surface area contributed by atoms with Crippen LogP contribution in [0.3, 0.4) is 0 Å². The van der Waals surface area contributed by atoms with Crippen molar-refractivity contribution in [1.82, 2.24) is 15.1 Å². The molecule has 2 fully saturated rings. The normalized spacial score (nSPS) is 23.2. The third-order valence-electron chi connectivity index (χ3n) is 4.02. The van der Waals surface area contributed by atoms with Crippen molar-refractivity contribution in [2.45, 2.75) is 31.7 Å². The van der Waals surface area contributed by atoms with Crippen molar-refractivity contribution in [3.63, 3.8) is 0 Å². The molecule has 2 rings (SSSR count). The van der Waals surface area contributed by atoms with E-state index in [0.29, 0.717) is 26.3 Å². The van der Waals surface area contributed by atoms with Gasteiger partial charge in [0.1, 0.15) is 0 Å². The highest BCUT2D eigenvalue weighted by atomic mass is 16.5. The van der Waals surface area contributed by atoms with Gasteiger partial charge < -0.3 is 25.0 Å². The number of carboxylic acid groups (broad SMARTS) is 1. The molecule has 0 aliphatic carbocycles. The van der Waals surface area contributed by atoms with Gasteiger partial charge in [0.25, 0.3) is 0 Å². The maximum atomic E-state index is 12.1. The number of carbonyl (C=O) groups is 2. The number of amides is 2. The number of carboxylic acids is 1. The Labute approximate surface area is 125 Å². The second-order valence-corrected chi connectivity index (χ2v) is 5.65. The van der Waals surface area contributed by atoms with E-state index >= 15 is 0 Å². The Morgan fingerprint density at radius 2 is 2.00 bits per heavy atom. The molecule has 0 saturated carbocycles. The van der Waals surface area contributed by atoms with Crippen molar-refractivity contribution in [2.24, 2.45) is 0 Å². The van der Waals surface area contributed by atoms with Crippen molar-refractivity contribution in [2.75, 3.05) is 45.9 Å². The molecule has 0 aromatic rings. The Balaban J connectivity index is 1.68. The molecule has 21 heavy (non-hydrogen) atoms. The zero-order chi connectivity index (χ0) is 15.1. The SMILES string of the molecule is O=C(O)CC1COCCN1C(=O)NCCCN1CCCC1. The van der Waals surface area contributed by atoms with E-state index in [1.807, 2.05) is 0 Å². The lowest BCUT2D eigenvalue weighted by molar-refractivity contribution is -0.139. The van der Waals surface area contributed by atoms with Gasteiger partial charge in [-0.25, -0.2) is 4.79 Å². The smallest absolute Gasteiger partial charge is 0.317 e. The summed E-state index contributed by atoms with van der Waals surface area (Å²) in [6.07, 6.45) is 3.41. The second kappa shape index (κ2) is 8.19. The molecule has 2 aliphatic heterocycles. The fraction of sp³-hybridized carbons (Fsp3) is 0.857. The third kappa shape index (κ3) is 5.17. The van der Waals surface area contributed by atoms with Crippen LogP contribution in [0.25, 0.3) is 0 Å². The average Bonchev–Trinajstić information content (AvgIpc) is 2.96. The number of rotatable bonds is 6. The van der Waals surface area contributed by atoms with Crippen LogP contribution in [0.2, 0.25) is 0 Å². The van der Waals surface area contributed by atoms with Crippen molar-refractivity contribution in [3.05, 3.63) is 0 Å². The summed E-state index contributed by atoms with van der Waals surface area (Å²) in [7, 11) is 0. The van der Waals surface area contributed by atoms with E-state index in [1.54, 1.807) is 4.90 Å². The van der Waals surface area contributed by atoms with E-state index in [4.69, 9.17) is 9.84 Å². The highest BCUT2D eigenvalue weighted by Crippen LogP contribution is 2.11. The first-order valence-electron chi connectivity index (χ1n) is 7.73. The summed E-state index contributed by atoms with van der Waals surface area (Å²) in [5.41, 5.74) is 0. The number of morpholine rings is 1. The highest BCUT2D eigenvalue weighted by molar-refractivity contribution is 5.76. The minimum atomic E-state index is -0.905. The number of ether oxygens (including phenoxy) is 1. The standard InChI is InChI=1S/C14H25N3O4/c18-13(19)10-12-11-21-9-8-17(12)14(20)15-4-3-7-16-5-1-2-6-16/h12H,1-11H2,(H,15,20)(H,18,19). The molecule has 7 heteroatoms. The van der Waals surface area contributed by atoms with Crippen LogP contribution < -0.4 is 5.32 Å². The van der Waals surface area contributed by atoms with Gasteiger partial charge in [-0.05, 0) is 38.9 Å². The zero-order valence-electron chi connectivity index (χ0n) is 12.4. The third-order valence-corrected chi connectivity index (χ3v) is 4.02. The lowest BCUT2D eigenvalue weighted by Gasteiger charge is -2.34. The number of nitrogens with one attached hydrogen (secondary N) is 1. The first-order chi connectivity index (χ1) is 10.2. The van der Waals surface area contributed by atoms with E-state index in [9.17, 15) is 9.59 Å². The maximum Gasteiger partial charge on any atom is 0.317 e. The number of urea groups is 1. The van der Waals surface area contributed by atoms with Crippen molar-refractivity contribution in [1.29, 1.82) is 0 Å². The van der Waals surface area contributed by atoms with Gasteiger partial charge in [-0.2, -0.15) is 0 Å². The van der Waals surface area contributed by atoms with E-state index < -0.39 is 5.97 Å². The molecule has 2 amide bonds. The van der Waals surface area contributed by atoms with Crippen molar-refractivity contribution >= 4 is 12.0 Å². The number of nitrogens with zero attached hydrogens (tertiary/aromatic N) is 2. The molecule has 7 nitrogen and oxygen atoms in total. The van der Waals surface area contributed by atoms with Crippen LogP contribution in [-0.2, 0) is 9.53 Å². The summed E-state index contributed by atoms with van der Waals surface area (Å²) >= 11 is 0. The van der Waals surface area contributed by atoms with Crippen molar-refractivity contribution < 1.29 is 19.4 Å². The van der Waals surface area contributed by atoms with Crippen molar-refractivity contribution in [3.8, 4) is 0 Å². The Morgan fingerprint density at radius 1 is 1.24 bits per heavy atom. The maximum absolute atomic E-state index is 12.1. The molecule has 2 aliphatic rings. The van der Waals surface area contributed by atoms with Gasteiger partial charge in [-0.1, -0.05) is 0 Å². The van der Waals surface area contributed by atoms with Crippen LogP contribution >= 0.6 is 0 Å². The predicted molar refractivity (Wildman–Crippen MR) is 77.3 cm³/mol. The minimum Gasteiger partial charge on any atom is -0.481 e. The molecule has 1 atom stereocenters. The summed E-state index contributed by atoms with van der Waals surface area (Å²) in [6.45, 7) is 5.20. The number of hydrogen-bond acceptors (Lipinski definition) is 4. The van der Waals surface area contributed by atoms with Gasteiger partial charge in [0.05, 0.1) is 25.7 Å². The van der Waals surface area contributed by atoms with Crippen LogP contribution in [0, 0.1) is 0 Å². The van der Waals surface area contributed by atoms with Crippen LogP contribution in [0.5, 0.6) is 0 Å². The summed E-state index contributed by atoms with van der Waals surface area (Å²) in [5.74, 6) is -0.905. The topological polar surface area (TPSA) is 82.1 Å². The largest absolute Gasteiger partial charge is 0.481 e. The van der Waals surface area contributed by atoms with Gasteiger partial charge in [0.15, 0.2) is 0 Å². The molecule has 2 N–H and O–H groups in total. The van der Waals surface area contributed by atoms with E-state index in [-0.39, 0.29) is 18.5 Å². The number of likely N-dealkylation sites (tertiary alicyclic amines) is 1. The molecular formula is C14H25N3O4. The van der Waals surface area contributed by atoms with Gasteiger partial charge in [-0.3, -0.25) is 4.79 Å². The molecule has 0 spiro atoms. The molecular weight excluding hydrogens is 274 g/mol. The summed E-state index contributed by atoms with van der Waals surface area (Å²) < 4.78 is 5.26. The zero-order valence-corrected chi connectivity index (χ0v) is 12.4. The molecule has 120 valence electrons. The Hall–Kier alpha value is -1.34. The van der Waals surface area contributed by atoms with Gasteiger partial charge in [0.2, 0.25) is 0 Å². The molecule has 2 saturated heterocycles. The molecule has 2 heterocycles. The van der Waals surface area contributed by atoms with Gasteiger partial charge >= 0.3 is 12.0 Å². The number of hydrogen-bond donors (Lipinski definition) is 2. The number of aliphatic carboxylic acids is 1. The molecule has 0 radical (unpaired) electrons. The van der Waals surface area contributed by atoms with E-state index in [2.05, 4.69) is 10.2 Å². The summed E-state index contributed by atoms with van der Waals surface area (Å²) in [4.78, 5) is 27.0. The highest BCUT2D eigenvalue weighted by Gasteiger charge is 2.28. The first-order valence-corrected chi connectivity index (χ1v) is 7.73. The van der Waals surface area contributed by atoms with Crippen LogP contribution in [0.15, 0.2) is 0 Å². The quantitative estimate of drug-likeness (QED) is 0.692. The lowest BCUT2D eigenvalue weighted by atomic mass is 10.1. The molecule has 0 bridgehead atoms. The van der Waals surface area contributed by atoms with E-state index in [1.165, 1.54) is 12.8 Å². The molecule has 0 aromatic carbocycles. The first kappa shape index (κ1) is 16.0. The van der Waals surface area contributed by atoms with Crippen LogP contribution in [-0.4, -0.2) is 78.9 Å².